The average molecular weight is 354 g/mol. The summed E-state index contributed by atoms with van der Waals surface area (Å²) in [7, 11) is 1.20. The molecule has 8 heteroatoms. The Morgan fingerprint density at radius 1 is 1.35 bits per heavy atom. The number of aryl methyl sites for hydroxylation is 1. The highest BCUT2D eigenvalue weighted by Crippen LogP contribution is 2.23. The number of hydrogen-bond donors (Lipinski definition) is 1. The molecule has 1 saturated heterocycles. The van der Waals surface area contributed by atoms with E-state index in [1.807, 2.05) is 36.6 Å². The highest BCUT2D eigenvalue weighted by Gasteiger charge is 2.35. The van der Waals surface area contributed by atoms with Crippen molar-refractivity contribution in [2.75, 3.05) is 13.7 Å². The lowest BCUT2D eigenvalue weighted by Gasteiger charge is -2.09. The lowest BCUT2D eigenvalue weighted by atomic mass is 10.2. The number of urea groups is 1. The summed E-state index contributed by atoms with van der Waals surface area (Å²) < 4.78 is 6.51. The number of esters is 1. The summed E-state index contributed by atoms with van der Waals surface area (Å²) in [5.41, 5.74) is 3.67. The Bertz CT molecular complexity index is 915. The number of imide groups is 1. The van der Waals surface area contributed by atoms with E-state index >= 15 is 0 Å². The van der Waals surface area contributed by atoms with E-state index in [9.17, 15) is 14.4 Å². The summed E-state index contributed by atoms with van der Waals surface area (Å²) in [6.07, 6.45) is 5.05. The van der Waals surface area contributed by atoms with Crippen LogP contribution in [0.5, 0.6) is 0 Å². The first-order chi connectivity index (χ1) is 12.4. The predicted molar refractivity (Wildman–Crippen MR) is 93.3 cm³/mol. The maximum atomic E-state index is 12.4. The third-order valence-electron chi connectivity index (χ3n) is 4.15. The first kappa shape index (κ1) is 17.4. The minimum Gasteiger partial charge on any atom is -0.468 e. The number of nitrogens with one attached hydrogen (secondary N) is 1. The molecule has 1 aliphatic heterocycles. The summed E-state index contributed by atoms with van der Waals surface area (Å²) in [5.74, 6) is -1.23. The van der Waals surface area contributed by atoms with Crippen molar-refractivity contribution in [2.45, 2.75) is 13.8 Å². The number of rotatable bonds is 4. The van der Waals surface area contributed by atoms with Crippen LogP contribution in [0.25, 0.3) is 11.8 Å². The molecule has 2 aromatic heterocycles. The Labute approximate surface area is 150 Å². The number of nitrogens with zero attached hydrogens (tertiary/aromatic N) is 3. The normalized spacial score (nSPS) is 15.5. The van der Waals surface area contributed by atoms with Crippen molar-refractivity contribution in [2.24, 2.45) is 0 Å². The summed E-state index contributed by atoms with van der Waals surface area (Å²) >= 11 is 0. The molecule has 0 unspecified atom stereocenters. The number of amides is 3. The second-order valence-corrected chi connectivity index (χ2v) is 5.83. The number of carbonyl (C=O) groups is 3. The number of hydrogen-bond acceptors (Lipinski definition) is 5. The smallest absolute Gasteiger partial charge is 0.329 e. The van der Waals surface area contributed by atoms with Crippen molar-refractivity contribution < 1.29 is 19.1 Å². The SMILES string of the molecule is COC(=O)CN1C(=O)N/C(=C/c2cc(C)n(-c3cccnc3)c2C)C1=O. The molecule has 0 radical (unpaired) electrons. The van der Waals surface area contributed by atoms with Gasteiger partial charge in [-0.2, -0.15) is 0 Å². The number of pyridine rings is 1. The predicted octanol–water partition coefficient (Wildman–Crippen LogP) is 1.55. The van der Waals surface area contributed by atoms with Gasteiger partial charge in [-0.15, -0.1) is 0 Å². The highest BCUT2D eigenvalue weighted by molar-refractivity contribution is 6.15. The molecule has 0 saturated carbocycles. The molecule has 3 amide bonds. The second kappa shape index (κ2) is 6.83. The van der Waals surface area contributed by atoms with Crippen LogP contribution in [0.1, 0.15) is 17.0 Å². The molecule has 3 heterocycles. The van der Waals surface area contributed by atoms with Crippen LogP contribution in [0.4, 0.5) is 4.79 Å². The zero-order valence-corrected chi connectivity index (χ0v) is 14.6. The van der Waals surface area contributed by atoms with Gasteiger partial charge in [0.15, 0.2) is 0 Å². The van der Waals surface area contributed by atoms with Crippen molar-refractivity contribution in [1.29, 1.82) is 0 Å². The fourth-order valence-electron chi connectivity index (χ4n) is 2.88. The molecular weight excluding hydrogens is 336 g/mol. The monoisotopic (exact) mass is 354 g/mol. The number of aromatic nitrogens is 2. The Morgan fingerprint density at radius 2 is 2.12 bits per heavy atom. The zero-order chi connectivity index (χ0) is 18.8. The summed E-state index contributed by atoms with van der Waals surface area (Å²) in [6, 6.07) is 5.05. The van der Waals surface area contributed by atoms with E-state index in [1.54, 1.807) is 18.5 Å². The van der Waals surface area contributed by atoms with E-state index in [1.165, 1.54) is 7.11 Å². The zero-order valence-electron chi connectivity index (χ0n) is 14.6. The molecule has 8 nitrogen and oxygen atoms in total. The Hall–Kier alpha value is -3.42. The molecule has 26 heavy (non-hydrogen) atoms. The van der Waals surface area contributed by atoms with Gasteiger partial charge >= 0.3 is 12.0 Å². The molecule has 0 aliphatic carbocycles. The van der Waals surface area contributed by atoms with Gasteiger partial charge in [-0.05, 0) is 43.7 Å². The fraction of sp³-hybridized carbons (Fsp3) is 0.222. The second-order valence-electron chi connectivity index (χ2n) is 5.83. The first-order valence-corrected chi connectivity index (χ1v) is 7.93. The molecule has 1 fully saturated rings. The molecule has 0 atom stereocenters. The van der Waals surface area contributed by atoms with Crippen LogP contribution >= 0.6 is 0 Å². The quantitative estimate of drug-likeness (QED) is 0.511. The maximum Gasteiger partial charge on any atom is 0.329 e. The molecule has 0 aromatic carbocycles. The molecule has 2 aromatic rings. The van der Waals surface area contributed by atoms with Gasteiger partial charge in [-0.1, -0.05) is 0 Å². The molecule has 0 bridgehead atoms. The number of carbonyl (C=O) groups excluding carboxylic acids is 3. The standard InChI is InChI=1S/C18H18N4O4/c1-11-7-13(12(2)22(11)14-5-4-6-19-9-14)8-15-17(24)21(18(25)20-15)10-16(23)26-3/h4-9H,10H2,1-3H3,(H,20,25)/b15-8+. The lowest BCUT2D eigenvalue weighted by Crippen LogP contribution is -2.36. The molecule has 0 spiro atoms. The molecule has 1 aliphatic rings. The van der Waals surface area contributed by atoms with Crippen LogP contribution in [0.2, 0.25) is 0 Å². The van der Waals surface area contributed by atoms with Crippen LogP contribution in [0, 0.1) is 13.8 Å². The number of methoxy groups -OCH3 is 1. The van der Waals surface area contributed by atoms with Gasteiger partial charge < -0.3 is 14.6 Å². The minimum absolute atomic E-state index is 0.116. The van der Waals surface area contributed by atoms with Gasteiger partial charge in [0.05, 0.1) is 19.0 Å². The van der Waals surface area contributed by atoms with E-state index in [0.717, 1.165) is 27.5 Å². The van der Waals surface area contributed by atoms with Crippen LogP contribution in [0.15, 0.2) is 36.3 Å². The third-order valence-corrected chi connectivity index (χ3v) is 4.15. The van der Waals surface area contributed by atoms with Crippen LogP contribution < -0.4 is 5.32 Å². The van der Waals surface area contributed by atoms with Crippen LogP contribution in [-0.2, 0) is 14.3 Å². The minimum atomic E-state index is -0.662. The third kappa shape index (κ3) is 3.08. The molecular formula is C18H18N4O4. The Kier molecular flexibility index (Phi) is 4.57. The van der Waals surface area contributed by atoms with Gasteiger partial charge in [-0.25, -0.2) is 9.69 Å². The van der Waals surface area contributed by atoms with E-state index in [0.29, 0.717) is 0 Å². The molecule has 3 rings (SSSR count). The first-order valence-electron chi connectivity index (χ1n) is 7.93. The van der Waals surface area contributed by atoms with Gasteiger partial charge in [-0.3, -0.25) is 14.6 Å². The van der Waals surface area contributed by atoms with Crippen molar-refractivity contribution >= 4 is 24.0 Å². The van der Waals surface area contributed by atoms with Crippen molar-refractivity contribution in [1.82, 2.24) is 19.8 Å². The highest BCUT2D eigenvalue weighted by atomic mass is 16.5. The summed E-state index contributed by atoms with van der Waals surface area (Å²) in [6.45, 7) is 3.44. The van der Waals surface area contributed by atoms with Crippen LogP contribution in [0.3, 0.4) is 0 Å². The maximum absolute atomic E-state index is 12.4. The van der Waals surface area contributed by atoms with Gasteiger partial charge in [0, 0.05) is 17.6 Å². The van der Waals surface area contributed by atoms with Gasteiger partial charge in [0.25, 0.3) is 5.91 Å². The molecule has 1 N–H and O–H groups in total. The van der Waals surface area contributed by atoms with Gasteiger partial charge in [0.1, 0.15) is 12.2 Å². The fourth-order valence-corrected chi connectivity index (χ4v) is 2.88. The van der Waals surface area contributed by atoms with Crippen molar-refractivity contribution in [3.8, 4) is 5.69 Å². The van der Waals surface area contributed by atoms with Crippen molar-refractivity contribution in [3.63, 3.8) is 0 Å². The Morgan fingerprint density at radius 3 is 2.77 bits per heavy atom. The van der Waals surface area contributed by atoms with E-state index < -0.39 is 24.5 Å². The topological polar surface area (TPSA) is 93.5 Å². The van der Waals surface area contributed by atoms with E-state index in [-0.39, 0.29) is 5.70 Å². The Balaban J connectivity index is 1.93. The average Bonchev–Trinajstić information content (AvgIpc) is 3.05. The van der Waals surface area contributed by atoms with E-state index in [4.69, 9.17) is 0 Å². The number of ether oxygens (including phenoxy) is 1. The van der Waals surface area contributed by atoms with E-state index in [2.05, 4.69) is 15.0 Å². The van der Waals surface area contributed by atoms with Crippen LogP contribution in [-0.4, -0.2) is 46.0 Å². The van der Waals surface area contributed by atoms with Gasteiger partial charge in [0.2, 0.25) is 0 Å². The molecule has 134 valence electrons. The largest absolute Gasteiger partial charge is 0.468 e. The summed E-state index contributed by atoms with van der Waals surface area (Å²) in [4.78, 5) is 40.6. The summed E-state index contributed by atoms with van der Waals surface area (Å²) in [5, 5.41) is 2.50. The lowest BCUT2D eigenvalue weighted by molar-refractivity contribution is -0.143. The van der Waals surface area contributed by atoms with Crippen molar-refractivity contribution in [3.05, 3.63) is 53.2 Å².